The molecule has 2 nitrogen and oxygen atoms in total. The fraction of sp³-hybridized carbons (Fsp3) is 0.323. The molecule has 0 saturated carbocycles. The Kier molecular flexibility index (Phi) is 13.5. The number of rotatable bonds is 14. The molecular formula is C62H72N2. The summed E-state index contributed by atoms with van der Waals surface area (Å²) in [7, 11) is 0. The summed E-state index contributed by atoms with van der Waals surface area (Å²) < 4.78 is 0. The second kappa shape index (κ2) is 18.7. The van der Waals surface area contributed by atoms with Gasteiger partial charge in [-0.05, 0) is 165 Å². The molecule has 2 heteroatoms. The zero-order valence-corrected chi connectivity index (χ0v) is 40.9. The lowest BCUT2D eigenvalue weighted by molar-refractivity contribution is 0.439. The predicted octanol–water partition coefficient (Wildman–Crippen LogP) is 18.7. The predicted molar refractivity (Wildman–Crippen MR) is 280 cm³/mol. The fourth-order valence-electron chi connectivity index (χ4n) is 8.92. The molecule has 0 amide bonds. The van der Waals surface area contributed by atoms with Crippen LogP contribution in [0.2, 0.25) is 0 Å². The van der Waals surface area contributed by atoms with Crippen LogP contribution in [0, 0.1) is 0 Å². The molecule has 0 aliphatic carbocycles. The van der Waals surface area contributed by atoms with Gasteiger partial charge >= 0.3 is 0 Å². The minimum atomic E-state index is 0.122. The van der Waals surface area contributed by atoms with Gasteiger partial charge in [0.1, 0.15) is 0 Å². The van der Waals surface area contributed by atoms with Crippen molar-refractivity contribution in [2.75, 3.05) is 9.80 Å². The smallest absolute Gasteiger partial charge is 0.0463 e. The van der Waals surface area contributed by atoms with Crippen LogP contribution < -0.4 is 9.80 Å². The maximum atomic E-state index is 2.39. The van der Waals surface area contributed by atoms with Crippen molar-refractivity contribution in [2.45, 2.75) is 130 Å². The van der Waals surface area contributed by atoms with Crippen molar-refractivity contribution in [1.82, 2.24) is 0 Å². The third-order valence-electron chi connectivity index (χ3n) is 14.6. The second-order valence-corrected chi connectivity index (χ2v) is 20.6. The highest BCUT2D eigenvalue weighted by molar-refractivity contribution is 5.83. The molecule has 0 fully saturated rings. The van der Waals surface area contributed by atoms with E-state index < -0.39 is 0 Å². The molecular weight excluding hydrogens is 773 g/mol. The van der Waals surface area contributed by atoms with E-state index in [0.717, 1.165) is 59.8 Å². The molecule has 0 unspecified atom stereocenters. The summed E-state index contributed by atoms with van der Waals surface area (Å²) in [5.74, 6) is 0. The van der Waals surface area contributed by atoms with E-state index >= 15 is 0 Å². The lowest BCUT2D eigenvalue weighted by Crippen LogP contribution is -2.19. The SMILES string of the molecule is CCC(C)(CC)c1ccc(N(c2ccc(-c3ccc(C(C)(C)C)cc3)cc2)c2ccc(N(c3ccc(-c4ccc(C(C)(C)C)cc4)cc3)c3ccc(C(C)(CC)CC)cc3)cc2)cc1. The number of nitrogens with zero attached hydrogens (tertiary/aromatic N) is 2. The van der Waals surface area contributed by atoms with Crippen molar-refractivity contribution in [3.63, 3.8) is 0 Å². The average Bonchev–Trinajstić information content (AvgIpc) is 3.32. The first-order valence-corrected chi connectivity index (χ1v) is 23.8. The highest BCUT2D eigenvalue weighted by Crippen LogP contribution is 2.42. The lowest BCUT2D eigenvalue weighted by atomic mass is 9.78. The van der Waals surface area contributed by atoms with Gasteiger partial charge in [0, 0.05) is 34.1 Å². The Morgan fingerprint density at radius 3 is 0.625 bits per heavy atom. The van der Waals surface area contributed by atoms with E-state index in [4.69, 9.17) is 0 Å². The molecule has 330 valence electrons. The van der Waals surface area contributed by atoms with Crippen LogP contribution >= 0.6 is 0 Å². The van der Waals surface area contributed by atoms with E-state index in [9.17, 15) is 0 Å². The van der Waals surface area contributed by atoms with Crippen LogP contribution in [0.5, 0.6) is 0 Å². The molecule has 64 heavy (non-hydrogen) atoms. The van der Waals surface area contributed by atoms with Gasteiger partial charge in [0.15, 0.2) is 0 Å². The Morgan fingerprint density at radius 2 is 0.422 bits per heavy atom. The molecule has 0 radical (unpaired) electrons. The summed E-state index contributed by atoms with van der Waals surface area (Å²) in [4.78, 5) is 4.79. The summed E-state index contributed by atoms with van der Waals surface area (Å²) in [6.07, 6.45) is 4.43. The van der Waals surface area contributed by atoms with E-state index in [1.807, 2.05) is 0 Å². The zero-order valence-electron chi connectivity index (χ0n) is 40.9. The van der Waals surface area contributed by atoms with Gasteiger partial charge in [-0.15, -0.1) is 0 Å². The van der Waals surface area contributed by atoms with Gasteiger partial charge in [0.2, 0.25) is 0 Å². The number of benzene rings is 7. The molecule has 0 saturated heterocycles. The maximum absolute atomic E-state index is 2.39. The molecule has 0 N–H and O–H groups in total. The van der Waals surface area contributed by atoms with Gasteiger partial charge < -0.3 is 9.80 Å². The summed E-state index contributed by atoms with van der Waals surface area (Å²) in [5, 5.41) is 0. The standard InChI is InChI=1S/C62H72N2/c1-13-61(11,14-2)51-29-37-55(38-30-51)63(53-33-21-47(22-34-53)45-17-25-49(26-18-45)59(5,6)7)57-41-43-58(44-42-57)64(56-39-31-52(32-40-56)62(12,15-3)16-4)54-35-23-48(24-36-54)46-19-27-50(28-20-46)60(8,9)10/h17-44H,13-16H2,1-12H3. The van der Waals surface area contributed by atoms with Gasteiger partial charge in [0.05, 0.1) is 0 Å². The lowest BCUT2D eigenvalue weighted by Gasteiger charge is -2.31. The van der Waals surface area contributed by atoms with Crippen molar-refractivity contribution in [2.24, 2.45) is 0 Å². The van der Waals surface area contributed by atoms with E-state index in [1.54, 1.807) is 0 Å². The maximum Gasteiger partial charge on any atom is 0.0463 e. The molecule has 0 aromatic heterocycles. The number of anilines is 6. The molecule has 0 heterocycles. The third kappa shape index (κ3) is 9.78. The molecule has 0 spiro atoms. The molecule has 0 bridgehead atoms. The highest BCUT2D eigenvalue weighted by atomic mass is 15.2. The molecule has 7 aromatic carbocycles. The average molecular weight is 845 g/mol. The summed E-state index contributed by atoms with van der Waals surface area (Å²) in [5.41, 5.74) is 17.6. The van der Waals surface area contributed by atoms with Crippen molar-refractivity contribution in [1.29, 1.82) is 0 Å². The van der Waals surface area contributed by atoms with Crippen molar-refractivity contribution in [3.8, 4) is 22.3 Å². The highest BCUT2D eigenvalue weighted by Gasteiger charge is 2.25. The third-order valence-corrected chi connectivity index (χ3v) is 14.6. The van der Waals surface area contributed by atoms with E-state index in [0.29, 0.717) is 0 Å². The Morgan fingerprint density at radius 1 is 0.250 bits per heavy atom. The van der Waals surface area contributed by atoms with Crippen LogP contribution in [0.3, 0.4) is 0 Å². The van der Waals surface area contributed by atoms with E-state index in [1.165, 1.54) is 44.5 Å². The summed E-state index contributed by atoms with van der Waals surface area (Å²) >= 11 is 0. The van der Waals surface area contributed by atoms with Crippen LogP contribution in [0.4, 0.5) is 34.1 Å². The second-order valence-electron chi connectivity index (χ2n) is 20.6. The van der Waals surface area contributed by atoms with Gasteiger partial charge in [-0.2, -0.15) is 0 Å². The van der Waals surface area contributed by atoms with E-state index in [2.05, 4.69) is 263 Å². The normalized spacial score (nSPS) is 12.3. The van der Waals surface area contributed by atoms with Gasteiger partial charge in [-0.25, -0.2) is 0 Å². The Bertz CT molecular complexity index is 2370. The summed E-state index contributed by atoms with van der Waals surface area (Å²) in [6, 6.07) is 63.9. The first-order valence-electron chi connectivity index (χ1n) is 23.8. The largest absolute Gasteiger partial charge is 0.311 e. The van der Waals surface area contributed by atoms with Crippen LogP contribution in [-0.2, 0) is 21.7 Å². The topological polar surface area (TPSA) is 6.48 Å². The Balaban J connectivity index is 1.28. The Hall–Kier alpha value is -5.86. The first kappa shape index (κ1) is 46.1. The molecule has 7 rings (SSSR count). The fourth-order valence-corrected chi connectivity index (χ4v) is 8.92. The minimum Gasteiger partial charge on any atom is -0.311 e. The molecule has 0 aliphatic rings. The molecule has 7 aromatic rings. The zero-order chi connectivity index (χ0) is 45.9. The monoisotopic (exact) mass is 845 g/mol. The van der Waals surface area contributed by atoms with Gasteiger partial charge in [-0.3, -0.25) is 0 Å². The summed E-state index contributed by atoms with van der Waals surface area (Å²) in [6.45, 7) is 27.6. The van der Waals surface area contributed by atoms with Crippen LogP contribution in [0.15, 0.2) is 170 Å². The van der Waals surface area contributed by atoms with Crippen LogP contribution in [0.25, 0.3) is 22.3 Å². The number of hydrogen-bond donors (Lipinski definition) is 0. The molecule has 0 atom stereocenters. The van der Waals surface area contributed by atoms with Crippen molar-refractivity contribution >= 4 is 34.1 Å². The van der Waals surface area contributed by atoms with Crippen molar-refractivity contribution in [3.05, 3.63) is 192 Å². The van der Waals surface area contributed by atoms with Gasteiger partial charge in [-0.1, -0.05) is 180 Å². The van der Waals surface area contributed by atoms with Gasteiger partial charge in [0.25, 0.3) is 0 Å². The quantitative estimate of drug-likeness (QED) is 0.108. The minimum absolute atomic E-state index is 0.122. The first-order chi connectivity index (χ1) is 30.5. The number of hydrogen-bond acceptors (Lipinski definition) is 2. The molecule has 0 aliphatic heterocycles. The Labute approximate surface area is 387 Å². The van der Waals surface area contributed by atoms with Crippen LogP contribution in [-0.4, -0.2) is 0 Å². The van der Waals surface area contributed by atoms with Crippen LogP contribution in [0.1, 0.15) is 131 Å². The van der Waals surface area contributed by atoms with Crippen molar-refractivity contribution < 1.29 is 0 Å². The van der Waals surface area contributed by atoms with E-state index in [-0.39, 0.29) is 21.7 Å².